The lowest BCUT2D eigenvalue weighted by molar-refractivity contribution is 0.0923. The highest BCUT2D eigenvalue weighted by molar-refractivity contribution is 7.18. The number of ether oxygens (including phenoxy) is 1. The molecule has 0 fully saturated rings. The van der Waals surface area contributed by atoms with Crippen LogP contribution in [-0.2, 0) is 4.74 Å². The van der Waals surface area contributed by atoms with Gasteiger partial charge in [0.2, 0.25) is 0 Å². The van der Waals surface area contributed by atoms with E-state index in [1.54, 1.807) is 14.2 Å². The average molecular weight is 459 g/mol. The van der Waals surface area contributed by atoms with Gasteiger partial charge in [0.1, 0.15) is 10.7 Å². The fourth-order valence-corrected chi connectivity index (χ4v) is 4.94. The number of para-hydroxylation sites is 1. The molecule has 1 aliphatic rings. The van der Waals surface area contributed by atoms with Crippen LogP contribution in [0.3, 0.4) is 0 Å². The minimum absolute atomic E-state index is 0.0506. The number of carbonyl (C=O) groups is 1. The first-order valence-electron chi connectivity index (χ1n) is 11.1. The van der Waals surface area contributed by atoms with Crippen LogP contribution in [0.2, 0.25) is 0 Å². The molecule has 2 heterocycles. The molecule has 8 nitrogen and oxygen atoms in total. The third-order valence-electron chi connectivity index (χ3n) is 5.81. The number of benzene rings is 1. The lowest BCUT2D eigenvalue weighted by Gasteiger charge is -2.21. The van der Waals surface area contributed by atoms with E-state index in [0.29, 0.717) is 29.8 Å². The molecule has 2 unspecified atom stereocenters. The van der Waals surface area contributed by atoms with Crippen LogP contribution in [0, 0.1) is 0 Å². The summed E-state index contributed by atoms with van der Waals surface area (Å²) in [5.74, 6) is 0.931. The third kappa shape index (κ3) is 5.11. The number of thiazole rings is 1. The third-order valence-corrected chi connectivity index (χ3v) is 6.88. The van der Waals surface area contributed by atoms with Crippen LogP contribution in [0.5, 0.6) is 0 Å². The van der Waals surface area contributed by atoms with E-state index in [-0.39, 0.29) is 11.9 Å². The van der Waals surface area contributed by atoms with Crippen LogP contribution in [0.1, 0.15) is 53.2 Å². The monoisotopic (exact) mass is 458 g/mol. The molecule has 1 aromatic heterocycles. The quantitative estimate of drug-likeness (QED) is 0.373. The molecule has 0 radical (unpaired) electrons. The maximum absolute atomic E-state index is 12.9. The van der Waals surface area contributed by atoms with Gasteiger partial charge in [-0.2, -0.15) is 0 Å². The summed E-state index contributed by atoms with van der Waals surface area (Å²) in [6, 6.07) is 8.42. The van der Waals surface area contributed by atoms with Gasteiger partial charge in [-0.1, -0.05) is 36.5 Å². The van der Waals surface area contributed by atoms with Crippen LogP contribution in [0.25, 0.3) is 0 Å². The molecule has 32 heavy (non-hydrogen) atoms. The predicted molar refractivity (Wildman–Crippen MR) is 132 cm³/mol. The second-order valence-corrected chi connectivity index (χ2v) is 8.80. The molecular weight excluding hydrogens is 424 g/mol. The number of carbonyl (C=O) groups excluding carboxylic acids is 1. The van der Waals surface area contributed by atoms with Crippen LogP contribution >= 0.6 is 11.3 Å². The van der Waals surface area contributed by atoms with Gasteiger partial charge in [0.25, 0.3) is 5.91 Å². The molecular formula is C23H34N6O2S. The average Bonchev–Trinajstić information content (AvgIpc) is 3.40. The summed E-state index contributed by atoms with van der Waals surface area (Å²) in [4.78, 5) is 24.4. The van der Waals surface area contributed by atoms with Crippen molar-refractivity contribution in [3.8, 4) is 0 Å². The summed E-state index contributed by atoms with van der Waals surface area (Å²) >= 11 is 1.35. The highest BCUT2D eigenvalue weighted by Crippen LogP contribution is 2.39. The van der Waals surface area contributed by atoms with Crippen molar-refractivity contribution in [2.24, 2.45) is 10.7 Å². The number of nitrogens with two attached hydrogens (primary N) is 1. The Kier molecular flexibility index (Phi) is 8.60. The van der Waals surface area contributed by atoms with Crippen molar-refractivity contribution in [2.75, 3.05) is 51.1 Å². The van der Waals surface area contributed by atoms with E-state index in [4.69, 9.17) is 15.5 Å². The van der Waals surface area contributed by atoms with Crippen molar-refractivity contribution in [2.45, 2.75) is 38.1 Å². The zero-order chi connectivity index (χ0) is 23.1. The SMILES string of the molecule is CCC(CCOC)NC(=O)c1nc(C(=NC)N2CC(CCN)c3ccccc32)c(NC)s1. The Labute approximate surface area is 194 Å². The Balaban J connectivity index is 1.88. The molecule has 0 saturated heterocycles. The fraction of sp³-hybridized carbons (Fsp3) is 0.522. The summed E-state index contributed by atoms with van der Waals surface area (Å²) in [5.41, 5.74) is 8.97. The number of nitrogens with zero attached hydrogens (tertiary/aromatic N) is 3. The van der Waals surface area contributed by atoms with Crippen LogP contribution in [0.4, 0.5) is 10.7 Å². The topological polar surface area (TPSA) is 105 Å². The molecule has 2 atom stereocenters. The maximum atomic E-state index is 12.9. The number of fused-ring (bicyclic) bond motifs is 1. The van der Waals surface area contributed by atoms with E-state index in [0.717, 1.165) is 42.3 Å². The summed E-state index contributed by atoms with van der Waals surface area (Å²) < 4.78 is 5.16. The molecule has 0 saturated carbocycles. The number of amidine groups is 1. The number of rotatable bonds is 10. The molecule has 1 aliphatic heterocycles. The zero-order valence-corrected chi connectivity index (χ0v) is 20.2. The van der Waals surface area contributed by atoms with Crippen LogP contribution in [0.15, 0.2) is 29.3 Å². The lowest BCUT2D eigenvalue weighted by Crippen LogP contribution is -2.35. The van der Waals surface area contributed by atoms with Gasteiger partial charge in [0.15, 0.2) is 10.8 Å². The largest absolute Gasteiger partial charge is 0.385 e. The second kappa shape index (κ2) is 11.4. The van der Waals surface area contributed by atoms with E-state index in [1.807, 2.05) is 13.1 Å². The van der Waals surface area contributed by atoms with Crippen molar-refractivity contribution in [1.29, 1.82) is 0 Å². The first kappa shape index (κ1) is 24.2. The number of anilines is 2. The minimum atomic E-state index is -0.168. The summed E-state index contributed by atoms with van der Waals surface area (Å²) in [5, 5.41) is 7.53. The molecule has 3 rings (SSSR count). The Hall–Kier alpha value is -2.49. The molecule has 0 spiro atoms. The Bertz CT molecular complexity index is 944. The van der Waals surface area contributed by atoms with E-state index in [1.165, 1.54) is 16.9 Å². The van der Waals surface area contributed by atoms with Crippen molar-refractivity contribution in [1.82, 2.24) is 10.3 Å². The Morgan fingerprint density at radius 2 is 2.22 bits per heavy atom. The number of nitrogens with one attached hydrogen (secondary N) is 2. The molecule has 174 valence electrons. The zero-order valence-electron chi connectivity index (χ0n) is 19.4. The van der Waals surface area contributed by atoms with Gasteiger partial charge < -0.3 is 26.0 Å². The van der Waals surface area contributed by atoms with Crippen molar-refractivity contribution in [3.63, 3.8) is 0 Å². The van der Waals surface area contributed by atoms with Crippen molar-refractivity contribution >= 4 is 33.8 Å². The van der Waals surface area contributed by atoms with Gasteiger partial charge in [-0.05, 0) is 37.4 Å². The lowest BCUT2D eigenvalue weighted by atomic mass is 9.98. The first-order chi connectivity index (χ1) is 15.6. The summed E-state index contributed by atoms with van der Waals surface area (Å²) in [7, 11) is 5.28. The number of methoxy groups -OCH3 is 1. The standard InChI is InChI=1S/C23H34N6O2S/c1-5-16(11-13-31-4)27-21(30)23-28-19(22(26-3)32-23)20(25-2)29-14-15(10-12-24)17-8-6-7-9-18(17)29/h6-9,15-16,26H,5,10-14,24H2,1-4H3,(H,27,30). The number of amides is 1. The molecule has 0 aliphatic carbocycles. The van der Waals surface area contributed by atoms with Gasteiger partial charge >= 0.3 is 0 Å². The van der Waals surface area contributed by atoms with Gasteiger partial charge in [-0.3, -0.25) is 9.79 Å². The predicted octanol–water partition coefficient (Wildman–Crippen LogP) is 3.06. The van der Waals surface area contributed by atoms with E-state index in [9.17, 15) is 4.79 Å². The van der Waals surface area contributed by atoms with E-state index >= 15 is 0 Å². The highest BCUT2D eigenvalue weighted by atomic mass is 32.1. The summed E-state index contributed by atoms with van der Waals surface area (Å²) in [6.07, 6.45) is 2.51. The number of hydrogen-bond acceptors (Lipinski definition) is 7. The highest BCUT2D eigenvalue weighted by Gasteiger charge is 2.33. The van der Waals surface area contributed by atoms with Crippen LogP contribution in [-0.4, -0.2) is 63.7 Å². The first-order valence-corrected chi connectivity index (χ1v) is 11.9. The van der Waals surface area contributed by atoms with Gasteiger partial charge in [-0.25, -0.2) is 4.98 Å². The molecule has 2 aromatic rings. The van der Waals surface area contributed by atoms with Gasteiger partial charge in [-0.15, -0.1) is 0 Å². The minimum Gasteiger partial charge on any atom is -0.385 e. The smallest absolute Gasteiger partial charge is 0.280 e. The Morgan fingerprint density at radius 3 is 2.88 bits per heavy atom. The number of aliphatic imine (C=N–C) groups is 1. The van der Waals surface area contributed by atoms with Crippen molar-refractivity contribution in [3.05, 3.63) is 40.5 Å². The molecule has 1 aromatic carbocycles. The maximum Gasteiger partial charge on any atom is 0.280 e. The molecule has 4 N–H and O–H groups in total. The van der Waals surface area contributed by atoms with Gasteiger partial charge in [0.05, 0.1) is 0 Å². The van der Waals surface area contributed by atoms with Crippen LogP contribution < -0.4 is 21.3 Å². The van der Waals surface area contributed by atoms with Gasteiger partial charge in [0, 0.05) is 52.0 Å². The molecule has 9 heteroatoms. The second-order valence-electron chi connectivity index (χ2n) is 7.80. The Morgan fingerprint density at radius 1 is 1.44 bits per heavy atom. The molecule has 1 amide bonds. The van der Waals surface area contributed by atoms with E-state index < -0.39 is 0 Å². The number of hydrogen-bond donors (Lipinski definition) is 3. The number of aromatic nitrogens is 1. The fourth-order valence-electron chi connectivity index (χ4n) is 4.12. The van der Waals surface area contributed by atoms with Crippen molar-refractivity contribution < 1.29 is 9.53 Å². The molecule has 0 bridgehead atoms. The van der Waals surface area contributed by atoms with E-state index in [2.05, 4.69) is 45.6 Å². The summed E-state index contributed by atoms with van der Waals surface area (Å²) in [6.45, 7) is 4.09. The normalized spacial score (nSPS) is 16.7.